The molecule has 0 spiro atoms. The number of hydrogen-bond donors (Lipinski definition) is 2. The summed E-state index contributed by atoms with van der Waals surface area (Å²) in [7, 11) is 0. The van der Waals surface area contributed by atoms with Gasteiger partial charge in [0.15, 0.2) is 0 Å². The zero-order valence-electron chi connectivity index (χ0n) is 15.6. The average molecular weight is 409 g/mol. The van der Waals surface area contributed by atoms with Gasteiger partial charge in [0.05, 0.1) is 23.2 Å². The Morgan fingerprint density at radius 3 is 2.33 bits per heavy atom. The predicted octanol–water partition coefficient (Wildman–Crippen LogP) is 6.39. The first-order chi connectivity index (χ1) is 13.1. The van der Waals surface area contributed by atoms with Gasteiger partial charge in [-0.15, -0.1) is 0 Å². The van der Waals surface area contributed by atoms with Gasteiger partial charge < -0.3 is 15.4 Å². The largest absolute Gasteiger partial charge is 0.494 e. The van der Waals surface area contributed by atoms with Crippen LogP contribution < -0.4 is 15.4 Å². The number of hydrogen-bond acceptors (Lipinski definition) is 3. The summed E-state index contributed by atoms with van der Waals surface area (Å²) in [6, 6.07) is 12.6. The summed E-state index contributed by atoms with van der Waals surface area (Å²) < 4.78 is 5.74. The van der Waals surface area contributed by atoms with Crippen molar-refractivity contribution >= 4 is 40.5 Å². The molecule has 2 rings (SSSR count). The molecule has 0 aliphatic heterocycles. The maximum atomic E-state index is 12.0. The van der Waals surface area contributed by atoms with Gasteiger partial charge in [-0.05, 0) is 48.9 Å². The molecule has 2 aromatic carbocycles. The van der Waals surface area contributed by atoms with Gasteiger partial charge in [0, 0.05) is 11.4 Å². The molecule has 0 aliphatic rings. The Labute approximate surface area is 171 Å². The Kier molecular flexibility index (Phi) is 9.29. The average Bonchev–Trinajstić information content (AvgIpc) is 2.67. The van der Waals surface area contributed by atoms with E-state index in [0.29, 0.717) is 15.7 Å². The Morgan fingerprint density at radius 2 is 1.63 bits per heavy atom. The van der Waals surface area contributed by atoms with E-state index in [1.807, 2.05) is 24.3 Å². The van der Waals surface area contributed by atoms with Crippen molar-refractivity contribution in [1.29, 1.82) is 0 Å². The second-order valence-corrected chi connectivity index (χ2v) is 7.13. The van der Waals surface area contributed by atoms with Crippen LogP contribution in [0.1, 0.15) is 39.0 Å². The smallest absolute Gasteiger partial charge is 0.243 e. The van der Waals surface area contributed by atoms with Crippen LogP contribution in [-0.4, -0.2) is 19.1 Å². The normalized spacial score (nSPS) is 10.5. The summed E-state index contributed by atoms with van der Waals surface area (Å²) in [5.74, 6) is 0.678. The van der Waals surface area contributed by atoms with E-state index in [1.54, 1.807) is 18.2 Å². The van der Waals surface area contributed by atoms with Gasteiger partial charge in [-0.2, -0.15) is 0 Å². The highest BCUT2D eigenvalue weighted by atomic mass is 35.5. The van der Waals surface area contributed by atoms with Gasteiger partial charge >= 0.3 is 0 Å². The SMILES string of the molecule is CCCCCCCOc1ccc(NCC(=O)Nc2ccc(Cl)c(Cl)c2)cc1. The van der Waals surface area contributed by atoms with Crippen LogP contribution in [0, 0.1) is 0 Å². The molecule has 0 bridgehead atoms. The molecule has 6 heteroatoms. The minimum Gasteiger partial charge on any atom is -0.494 e. The molecule has 0 unspecified atom stereocenters. The van der Waals surface area contributed by atoms with Crippen molar-refractivity contribution in [1.82, 2.24) is 0 Å². The Hall–Kier alpha value is -1.91. The van der Waals surface area contributed by atoms with Crippen molar-refractivity contribution in [2.24, 2.45) is 0 Å². The highest BCUT2D eigenvalue weighted by Gasteiger charge is 2.05. The van der Waals surface area contributed by atoms with E-state index in [-0.39, 0.29) is 12.5 Å². The monoisotopic (exact) mass is 408 g/mol. The van der Waals surface area contributed by atoms with Crippen molar-refractivity contribution in [2.75, 3.05) is 23.8 Å². The third-order valence-electron chi connectivity index (χ3n) is 4.03. The minimum atomic E-state index is -0.166. The van der Waals surface area contributed by atoms with Crippen LogP contribution >= 0.6 is 23.2 Å². The molecule has 146 valence electrons. The molecule has 2 N–H and O–H groups in total. The lowest BCUT2D eigenvalue weighted by Crippen LogP contribution is -2.21. The lowest BCUT2D eigenvalue weighted by atomic mass is 10.2. The molecular formula is C21H26Cl2N2O2. The number of ether oxygens (including phenoxy) is 1. The van der Waals surface area contributed by atoms with Gasteiger partial charge in [0.25, 0.3) is 0 Å². The van der Waals surface area contributed by atoms with Crippen LogP contribution in [-0.2, 0) is 4.79 Å². The fourth-order valence-electron chi connectivity index (χ4n) is 2.53. The molecule has 0 saturated heterocycles. The van der Waals surface area contributed by atoms with E-state index in [9.17, 15) is 4.79 Å². The van der Waals surface area contributed by atoms with Crippen LogP contribution in [0.5, 0.6) is 5.75 Å². The molecule has 0 fully saturated rings. The van der Waals surface area contributed by atoms with Gasteiger partial charge in [-0.25, -0.2) is 0 Å². The first-order valence-corrected chi connectivity index (χ1v) is 10.1. The number of anilines is 2. The third-order valence-corrected chi connectivity index (χ3v) is 4.77. The molecule has 0 atom stereocenters. The van der Waals surface area contributed by atoms with Crippen LogP contribution in [0.4, 0.5) is 11.4 Å². The molecule has 4 nitrogen and oxygen atoms in total. The van der Waals surface area contributed by atoms with Crippen LogP contribution in [0.3, 0.4) is 0 Å². The molecule has 0 aromatic heterocycles. The van der Waals surface area contributed by atoms with Crippen LogP contribution in [0.25, 0.3) is 0 Å². The zero-order chi connectivity index (χ0) is 19.5. The van der Waals surface area contributed by atoms with E-state index < -0.39 is 0 Å². The Morgan fingerprint density at radius 1 is 0.926 bits per heavy atom. The summed E-state index contributed by atoms with van der Waals surface area (Å²) in [6.07, 6.45) is 6.10. The molecule has 0 saturated carbocycles. The number of nitrogens with one attached hydrogen (secondary N) is 2. The fourth-order valence-corrected chi connectivity index (χ4v) is 2.82. The van der Waals surface area contributed by atoms with E-state index in [1.165, 1.54) is 25.7 Å². The van der Waals surface area contributed by atoms with Crippen molar-refractivity contribution in [3.8, 4) is 5.75 Å². The minimum absolute atomic E-state index is 0.151. The number of carbonyl (C=O) groups is 1. The maximum Gasteiger partial charge on any atom is 0.243 e. The van der Waals surface area contributed by atoms with Crippen molar-refractivity contribution in [3.63, 3.8) is 0 Å². The van der Waals surface area contributed by atoms with E-state index >= 15 is 0 Å². The Bertz CT molecular complexity index is 721. The van der Waals surface area contributed by atoms with Gasteiger partial charge in [-0.3, -0.25) is 4.79 Å². The second kappa shape index (κ2) is 11.7. The second-order valence-electron chi connectivity index (χ2n) is 6.32. The Balaban J connectivity index is 1.69. The summed E-state index contributed by atoms with van der Waals surface area (Å²) in [5, 5.41) is 6.71. The van der Waals surface area contributed by atoms with Crippen molar-refractivity contribution in [2.45, 2.75) is 39.0 Å². The first-order valence-electron chi connectivity index (χ1n) is 9.30. The highest BCUT2D eigenvalue weighted by Crippen LogP contribution is 2.25. The van der Waals surface area contributed by atoms with E-state index in [2.05, 4.69) is 17.6 Å². The summed E-state index contributed by atoms with van der Waals surface area (Å²) in [6.45, 7) is 3.10. The molecule has 1 amide bonds. The lowest BCUT2D eigenvalue weighted by Gasteiger charge is -2.10. The summed E-state index contributed by atoms with van der Waals surface area (Å²) in [4.78, 5) is 12.0. The molecule has 2 aromatic rings. The van der Waals surface area contributed by atoms with Crippen molar-refractivity contribution in [3.05, 3.63) is 52.5 Å². The maximum absolute atomic E-state index is 12.0. The van der Waals surface area contributed by atoms with Gasteiger partial charge in [0.1, 0.15) is 5.75 Å². The number of rotatable bonds is 11. The highest BCUT2D eigenvalue weighted by molar-refractivity contribution is 6.42. The topological polar surface area (TPSA) is 50.4 Å². The summed E-state index contributed by atoms with van der Waals surface area (Å²) >= 11 is 11.8. The van der Waals surface area contributed by atoms with Gasteiger partial charge in [-0.1, -0.05) is 55.8 Å². The number of halogens is 2. The van der Waals surface area contributed by atoms with Crippen molar-refractivity contribution < 1.29 is 9.53 Å². The molecule has 27 heavy (non-hydrogen) atoms. The molecule has 0 heterocycles. The molecule has 0 aliphatic carbocycles. The lowest BCUT2D eigenvalue weighted by molar-refractivity contribution is -0.114. The van der Waals surface area contributed by atoms with Crippen LogP contribution in [0.15, 0.2) is 42.5 Å². The number of benzene rings is 2. The molecular weight excluding hydrogens is 383 g/mol. The molecule has 0 radical (unpaired) electrons. The standard InChI is InChI=1S/C21H26Cl2N2O2/c1-2-3-4-5-6-13-27-18-10-7-16(8-11-18)24-15-21(26)25-17-9-12-19(22)20(23)14-17/h7-12,14,24H,2-6,13,15H2,1H3,(H,25,26). The van der Waals surface area contributed by atoms with Gasteiger partial charge in [0.2, 0.25) is 5.91 Å². The number of amides is 1. The van der Waals surface area contributed by atoms with E-state index in [4.69, 9.17) is 27.9 Å². The number of carbonyl (C=O) groups excluding carboxylic acids is 1. The number of unbranched alkanes of at least 4 members (excludes halogenated alkanes) is 4. The predicted molar refractivity (Wildman–Crippen MR) is 114 cm³/mol. The third kappa shape index (κ3) is 8.10. The fraction of sp³-hybridized carbons (Fsp3) is 0.381. The van der Waals surface area contributed by atoms with Crippen LogP contribution in [0.2, 0.25) is 10.0 Å². The van der Waals surface area contributed by atoms with E-state index in [0.717, 1.165) is 24.5 Å². The quantitative estimate of drug-likeness (QED) is 0.423. The first kappa shape index (κ1) is 21.4. The zero-order valence-corrected chi connectivity index (χ0v) is 17.1. The summed E-state index contributed by atoms with van der Waals surface area (Å²) in [5.41, 5.74) is 1.47.